The standard InChI is InChI=1S/C15H11N3O3/c19-11-6-7-12(13(20)8-11)15-14(17-16-9-18(15)21)10-4-2-1-3-5-10/h1-9,20-21H/b15-12-. The fourth-order valence-electron chi connectivity index (χ4n) is 2.10. The van der Waals surface area contributed by atoms with Crippen LogP contribution in [0.5, 0.6) is 0 Å². The lowest BCUT2D eigenvalue weighted by molar-refractivity contribution is -0.110. The van der Waals surface area contributed by atoms with E-state index in [0.717, 1.165) is 23.0 Å². The maximum Gasteiger partial charge on any atom is 0.182 e. The van der Waals surface area contributed by atoms with Gasteiger partial charge in [-0.25, -0.2) is 5.06 Å². The summed E-state index contributed by atoms with van der Waals surface area (Å²) in [6.07, 6.45) is 4.95. The zero-order chi connectivity index (χ0) is 14.8. The van der Waals surface area contributed by atoms with Crippen molar-refractivity contribution < 1.29 is 15.1 Å². The number of hydrogen-bond donors (Lipinski definition) is 2. The normalized spacial score (nSPS) is 21.4. The summed E-state index contributed by atoms with van der Waals surface area (Å²) >= 11 is 0. The average Bonchev–Trinajstić information content (AvgIpc) is 2.49. The van der Waals surface area contributed by atoms with Crippen LogP contribution < -0.4 is 0 Å². The maximum atomic E-state index is 11.3. The second-order valence-electron chi connectivity index (χ2n) is 4.42. The number of aliphatic hydroxyl groups excluding tert-OH is 1. The van der Waals surface area contributed by atoms with Crippen molar-refractivity contribution in [3.8, 4) is 0 Å². The molecule has 0 radical (unpaired) electrons. The molecule has 6 nitrogen and oxygen atoms in total. The van der Waals surface area contributed by atoms with Crippen LogP contribution in [0.25, 0.3) is 0 Å². The van der Waals surface area contributed by atoms with E-state index < -0.39 is 0 Å². The van der Waals surface area contributed by atoms with Gasteiger partial charge in [-0.05, 0) is 12.2 Å². The van der Waals surface area contributed by atoms with Crippen molar-refractivity contribution in [1.82, 2.24) is 5.06 Å². The average molecular weight is 281 g/mol. The smallest absolute Gasteiger partial charge is 0.182 e. The van der Waals surface area contributed by atoms with Gasteiger partial charge in [-0.15, -0.1) is 10.2 Å². The van der Waals surface area contributed by atoms with E-state index in [4.69, 9.17) is 0 Å². The first-order chi connectivity index (χ1) is 10.2. The predicted molar refractivity (Wildman–Crippen MR) is 77.0 cm³/mol. The van der Waals surface area contributed by atoms with Crippen LogP contribution in [0.15, 0.2) is 75.8 Å². The van der Waals surface area contributed by atoms with Crippen LogP contribution >= 0.6 is 0 Å². The molecule has 2 N–H and O–H groups in total. The van der Waals surface area contributed by atoms with Crippen LogP contribution in [0.3, 0.4) is 0 Å². The Kier molecular flexibility index (Phi) is 3.21. The minimum absolute atomic E-state index is 0.226. The van der Waals surface area contributed by atoms with Gasteiger partial charge in [-0.3, -0.25) is 10.0 Å². The van der Waals surface area contributed by atoms with Gasteiger partial charge < -0.3 is 5.11 Å². The summed E-state index contributed by atoms with van der Waals surface area (Å²) in [5.74, 6) is -0.542. The molecule has 0 amide bonds. The topological polar surface area (TPSA) is 85.5 Å². The maximum absolute atomic E-state index is 11.3. The van der Waals surface area contributed by atoms with Crippen molar-refractivity contribution in [1.29, 1.82) is 0 Å². The van der Waals surface area contributed by atoms with Gasteiger partial charge in [0.25, 0.3) is 0 Å². The monoisotopic (exact) mass is 281 g/mol. The van der Waals surface area contributed by atoms with Crippen molar-refractivity contribution in [2.75, 3.05) is 0 Å². The van der Waals surface area contributed by atoms with Gasteiger partial charge in [0.1, 0.15) is 23.5 Å². The van der Waals surface area contributed by atoms with Crippen LogP contribution in [0, 0.1) is 0 Å². The molecule has 1 aliphatic carbocycles. The molecule has 3 rings (SSSR count). The SMILES string of the molecule is O=C1C=C/C(=C2\C(c3ccccc3)=NN=CN2O)C(O)=C1. The number of hydrogen-bond acceptors (Lipinski definition) is 6. The third kappa shape index (κ3) is 2.39. The molecule has 1 aromatic rings. The van der Waals surface area contributed by atoms with Crippen LogP contribution in [0.1, 0.15) is 5.56 Å². The molecule has 0 saturated heterocycles. The fourth-order valence-corrected chi connectivity index (χ4v) is 2.10. The second-order valence-corrected chi connectivity index (χ2v) is 4.42. The zero-order valence-corrected chi connectivity index (χ0v) is 10.8. The van der Waals surface area contributed by atoms with E-state index in [0.29, 0.717) is 11.3 Å². The third-order valence-electron chi connectivity index (χ3n) is 3.04. The largest absolute Gasteiger partial charge is 0.507 e. The number of nitrogens with zero attached hydrogens (tertiary/aromatic N) is 3. The molecule has 104 valence electrons. The number of benzene rings is 1. The molecule has 0 atom stereocenters. The minimum atomic E-state index is -0.316. The highest BCUT2D eigenvalue weighted by molar-refractivity contribution is 6.15. The van der Waals surface area contributed by atoms with Crippen LogP contribution in [-0.2, 0) is 4.79 Å². The highest BCUT2D eigenvalue weighted by Gasteiger charge is 2.25. The van der Waals surface area contributed by atoms with E-state index in [1.54, 1.807) is 0 Å². The summed E-state index contributed by atoms with van der Waals surface area (Å²) in [5, 5.41) is 28.5. The lowest BCUT2D eigenvalue weighted by Gasteiger charge is -2.23. The van der Waals surface area contributed by atoms with Gasteiger partial charge in [0.15, 0.2) is 5.78 Å². The quantitative estimate of drug-likeness (QED) is 0.824. The third-order valence-corrected chi connectivity index (χ3v) is 3.04. The molecule has 1 aliphatic heterocycles. The Hall–Kier alpha value is -2.99. The van der Waals surface area contributed by atoms with Gasteiger partial charge in [0, 0.05) is 17.2 Å². The number of rotatable bonds is 1. The van der Waals surface area contributed by atoms with Gasteiger partial charge in [-0.2, -0.15) is 0 Å². The molecule has 0 aromatic heterocycles. The molecular weight excluding hydrogens is 270 g/mol. The van der Waals surface area contributed by atoms with Gasteiger partial charge in [0.2, 0.25) is 0 Å². The van der Waals surface area contributed by atoms with E-state index in [1.165, 1.54) is 12.2 Å². The Bertz CT molecular complexity index is 743. The molecule has 0 spiro atoms. The number of ketones is 1. The zero-order valence-electron chi connectivity index (χ0n) is 10.8. The highest BCUT2D eigenvalue weighted by Crippen LogP contribution is 2.25. The van der Waals surface area contributed by atoms with Crippen molar-refractivity contribution in [2.45, 2.75) is 0 Å². The lowest BCUT2D eigenvalue weighted by Crippen LogP contribution is -2.28. The summed E-state index contributed by atoms with van der Waals surface area (Å²) < 4.78 is 0. The summed E-state index contributed by atoms with van der Waals surface area (Å²) in [7, 11) is 0. The molecule has 2 aliphatic rings. The first-order valence-electron chi connectivity index (χ1n) is 6.19. The molecule has 0 saturated carbocycles. The number of carbonyl (C=O) groups excluding carboxylic acids is 1. The highest BCUT2D eigenvalue weighted by atomic mass is 16.5. The van der Waals surface area contributed by atoms with Crippen molar-refractivity contribution in [2.24, 2.45) is 10.2 Å². The second kappa shape index (κ2) is 5.18. The van der Waals surface area contributed by atoms with Crippen molar-refractivity contribution in [3.05, 3.63) is 71.2 Å². The van der Waals surface area contributed by atoms with E-state index in [-0.39, 0.29) is 17.2 Å². The van der Waals surface area contributed by atoms with Gasteiger partial charge in [0.05, 0.1) is 0 Å². The molecule has 0 bridgehead atoms. The molecule has 6 heteroatoms. The number of carbonyl (C=O) groups is 1. The summed E-state index contributed by atoms with van der Waals surface area (Å²) in [6.45, 7) is 0. The Morgan fingerprint density at radius 1 is 1.10 bits per heavy atom. The van der Waals surface area contributed by atoms with Gasteiger partial charge in [-0.1, -0.05) is 30.3 Å². The molecule has 21 heavy (non-hydrogen) atoms. The lowest BCUT2D eigenvalue weighted by atomic mass is 9.98. The van der Waals surface area contributed by atoms with E-state index in [9.17, 15) is 15.1 Å². The van der Waals surface area contributed by atoms with Gasteiger partial charge >= 0.3 is 0 Å². The molecule has 1 aromatic carbocycles. The fraction of sp³-hybridized carbons (Fsp3) is 0. The predicted octanol–water partition coefficient (Wildman–Crippen LogP) is 1.96. The Labute approximate surface area is 120 Å². The molecule has 0 unspecified atom stereocenters. The van der Waals surface area contributed by atoms with E-state index in [1.807, 2.05) is 30.3 Å². The summed E-state index contributed by atoms with van der Waals surface area (Å²) in [4.78, 5) is 11.3. The van der Waals surface area contributed by atoms with Crippen LogP contribution in [0.2, 0.25) is 0 Å². The van der Waals surface area contributed by atoms with E-state index in [2.05, 4.69) is 10.2 Å². The van der Waals surface area contributed by atoms with E-state index >= 15 is 0 Å². The number of allylic oxidation sites excluding steroid dienone is 4. The Morgan fingerprint density at radius 3 is 2.57 bits per heavy atom. The van der Waals surface area contributed by atoms with Crippen LogP contribution in [-0.4, -0.2) is 33.2 Å². The first-order valence-corrected chi connectivity index (χ1v) is 6.19. The van der Waals surface area contributed by atoms with Crippen molar-refractivity contribution in [3.63, 3.8) is 0 Å². The molecule has 1 heterocycles. The number of aliphatic hydroxyl groups is 1. The summed E-state index contributed by atoms with van der Waals surface area (Å²) in [6, 6.07) is 9.14. The number of hydroxylamine groups is 2. The first kappa shape index (κ1) is 13.0. The molecular formula is C15H11N3O3. The summed E-state index contributed by atoms with van der Waals surface area (Å²) in [5.41, 5.74) is 1.68. The molecule has 0 fully saturated rings. The minimum Gasteiger partial charge on any atom is -0.507 e. The Morgan fingerprint density at radius 2 is 1.86 bits per heavy atom. The van der Waals surface area contributed by atoms with Crippen LogP contribution in [0.4, 0.5) is 0 Å². The Balaban J connectivity index is 2.17. The van der Waals surface area contributed by atoms with Crippen molar-refractivity contribution >= 4 is 17.8 Å².